The Morgan fingerprint density at radius 2 is 1.73 bits per heavy atom. The second-order valence-electron chi connectivity index (χ2n) is 6.71. The van der Waals surface area contributed by atoms with Gasteiger partial charge in [-0.3, -0.25) is 9.59 Å². The van der Waals surface area contributed by atoms with Gasteiger partial charge >= 0.3 is 0 Å². The van der Waals surface area contributed by atoms with Crippen molar-refractivity contribution in [3.63, 3.8) is 0 Å². The Kier molecular flexibility index (Phi) is 7.25. The lowest BCUT2D eigenvalue weighted by atomic mass is 10.1. The molecule has 0 aliphatic rings. The van der Waals surface area contributed by atoms with E-state index in [1.807, 2.05) is 50.2 Å². The first-order valence-electron chi connectivity index (χ1n) is 9.67. The Morgan fingerprint density at radius 1 is 0.967 bits per heavy atom. The van der Waals surface area contributed by atoms with Crippen molar-refractivity contribution in [1.82, 2.24) is 5.32 Å². The number of amides is 2. The quantitative estimate of drug-likeness (QED) is 0.476. The SMILES string of the molecule is CCOc1ccc(Br)cc1C(=O)Nc1cccc(C(=O)NC(C)c2ccccc2)c1. The lowest BCUT2D eigenvalue weighted by Gasteiger charge is -2.15. The molecule has 0 fully saturated rings. The van der Waals surface area contributed by atoms with Crippen LogP contribution in [0.3, 0.4) is 0 Å². The first-order valence-corrected chi connectivity index (χ1v) is 10.5. The maximum Gasteiger partial charge on any atom is 0.259 e. The molecule has 0 heterocycles. The van der Waals surface area contributed by atoms with Gasteiger partial charge in [0.15, 0.2) is 0 Å². The molecule has 3 aromatic rings. The van der Waals surface area contributed by atoms with Gasteiger partial charge in [0.1, 0.15) is 5.75 Å². The molecule has 3 rings (SSSR count). The van der Waals surface area contributed by atoms with Crippen molar-refractivity contribution in [1.29, 1.82) is 0 Å². The first kappa shape index (κ1) is 21.6. The molecular weight excluding hydrogens is 444 g/mol. The molecule has 5 nitrogen and oxygen atoms in total. The molecule has 1 atom stereocenters. The van der Waals surface area contributed by atoms with Crippen LogP contribution < -0.4 is 15.4 Å². The predicted molar refractivity (Wildman–Crippen MR) is 122 cm³/mol. The van der Waals surface area contributed by atoms with Gasteiger partial charge < -0.3 is 15.4 Å². The molecule has 0 radical (unpaired) electrons. The summed E-state index contributed by atoms with van der Waals surface area (Å²) in [5.41, 5.74) is 2.43. The third kappa shape index (κ3) is 5.48. The molecule has 30 heavy (non-hydrogen) atoms. The molecular formula is C24H23BrN2O3. The van der Waals surface area contributed by atoms with Crippen molar-refractivity contribution in [2.45, 2.75) is 19.9 Å². The fourth-order valence-electron chi connectivity index (χ4n) is 3.00. The number of hydrogen-bond donors (Lipinski definition) is 2. The number of halogens is 1. The second kappa shape index (κ2) is 10.1. The van der Waals surface area contributed by atoms with Crippen molar-refractivity contribution in [3.8, 4) is 5.75 Å². The van der Waals surface area contributed by atoms with Crippen LogP contribution in [0.15, 0.2) is 77.3 Å². The normalized spacial score (nSPS) is 11.4. The fourth-order valence-corrected chi connectivity index (χ4v) is 3.36. The van der Waals surface area contributed by atoms with Crippen molar-refractivity contribution in [3.05, 3.63) is 94.0 Å². The molecule has 0 bridgehead atoms. The minimum Gasteiger partial charge on any atom is -0.493 e. The zero-order valence-electron chi connectivity index (χ0n) is 16.8. The van der Waals surface area contributed by atoms with Gasteiger partial charge in [-0.1, -0.05) is 52.3 Å². The molecule has 154 valence electrons. The van der Waals surface area contributed by atoms with Crippen molar-refractivity contribution >= 4 is 33.4 Å². The Hall–Kier alpha value is -3.12. The second-order valence-corrected chi connectivity index (χ2v) is 7.63. The van der Waals surface area contributed by atoms with E-state index >= 15 is 0 Å². The average Bonchev–Trinajstić information content (AvgIpc) is 2.76. The van der Waals surface area contributed by atoms with Gasteiger partial charge in [0, 0.05) is 15.7 Å². The number of benzene rings is 3. The highest BCUT2D eigenvalue weighted by molar-refractivity contribution is 9.10. The van der Waals surface area contributed by atoms with Crippen LogP contribution in [0.5, 0.6) is 5.75 Å². The summed E-state index contributed by atoms with van der Waals surface area (Å²) in [6.07, 6.45) is 0. The van der Waals surface area contributed by atoms with Crippen molar-refractivity contribution < 1.29 is 14.3 Å². The molecule has 0 aliphatic heterocycles. The van der Waals surface area contributed by atoms with Crippen LogP contribution >= 0.6 is 15.9 Å². The Labute approximate surface area is 184 Å². The molecule has 2 amide bonds. The fraction of sp³-hybridized carbons (Fsp3) is 0.167. The standard InChI is InChI=1S/C24H23BrN2O3/c1-3-30-22-13-12-19(25)15-21(22)24(29)27-20-11-7-10-18(14-20)23(28)26-16(2)17-8-5-4-6-9-17/h4-16H,3H2,1-2H3,(H,26,28)(H,27,29). The number of hydrogen-bond acceptors (Lipinski definition) is 3. The Bertz CT molecular complexity index is 1040. The molecule has 3 aromatic carbocycles. The van der Waals surface area contributed by atoms with E-state index < -0.39 is 0 Å². The summed E-state index contributed by atoms with van der Waals surface area (Å²) in [6, 6.07) is 21.7. The molecule has 0 spiro atoms. The number of rotatable bonds is 7. The average molecular weight is 467 g/mol. The molecule has 0 aliphatic carbocycles. The minimum absolute atomic E-state index is 0.132. The van der Waals surface area contributed by atoms with E-state index in [0.717, 1.165) is 10.0 Å². The van der Waals surface area contributed by atoms with Crippen molar-refractivity contribution in [2.75, 3.05) is 11.9 Å². The number of ether oxygens (including phenoxy) is 1. The van der Waals surface area contributed by atoms with Crippen LogP contribution in [-0.2, 0) is 0 Å². The summed E-state index contributed by atoms with van der Waals surface area (Å²) in [6.45, 7) is 4.25. The summed E-state index contributed by atoms with van der Waals surface area (Å²) in [7, 11) is 0. The van der Waals surface area contributed by atoms with Gasteiger partial charge in [0.05, 0.1) is 18.2 Å². The van der Waals surface area contributed by atoms with Crippen molar-refractivity contribution in [2.24, 2.45) is 0 Å². The summed E-state index contributed by atoms with van der Waals surface area (Å²) >= 11 is 3.39. The van der Waals surface area contributed by atoms with Gasteiger partial charge in [-0.2, -0.15) is 0 Å². The highest BCUT2D eigenvalue weighted by Gasteiger charge is 2.15. The van der Waals surface area contributed by atoms with Gasteiger partial charge in [-0.05, 0) is 55.8 Å². The summed E-state index contributed by atoms with van der Waals surface area (Å²) in [5, 5.41) is 5.82. The van der Waals surface area contributed by atoms with Crippen LogP contribution in [-0.4, -0.2) is 18.4 Å². The Balaban J connectivity index is 1.73. The summed E-state index contributed by atoms with van der Waals surface area (Å²) in [5.74, 6) is -0.0151. The summed E-state index contributed by atoms with van der Waals surface area (Å²) < 4.78 is 6.33. The zero-order chi connectivity index (χ0) is 21.5. The Morgan fingerprint density at radius 3 is 2.47 bits per heavy atom. The minimum atomic E-state index is -0.310. The lowest BCUT2D eigenvalue weighted by Crippen LogP contribution is -2.26. The molecule has 0 saturated heterocycles. The van der Waals surface area contributed by atoms with E-state index in [-0.39, 0.29) is 17.9 Å². The van der Waals surface area contributed by atoms with Crippen LogP contribution in [0.1, 0.15) is 46.2 Å². The largest absolute Gasteiger partial charge is 0.493 e. The maximum atomic E-state index is 12.8. The van der Waals surface area contributed by atoms with E-state index in [2.05, 4.69) is 26.6 Å². The van der Waals surface area contributed by atoms with Gasteiger partial charge in [0.2, 0.25) is 0 Å². The van der Waals surface area contributed by atoms with Gasteiger partial charge in [0.25, 0.3) is 11.8 Å². The van der Waals surface area contributed by atoms with Crippen LogP contribution in [0.25, 0.3) is 0 Å². The van der Waals surface area contributed by atoms with Gasteiger partial charge in [-0.25, -0.2) is 0 Å². The van der Waals surface area contributed by atoms with E-state index in [1.54, 1.807) is 36.4 Å². The van der Waals surface area contributed by atoms with E-state index in [9.17, 15) is 9.59 Å². The monoisotopic (exact) mass is 466 g/mol. The highest BCUT2D eigenvalue weighted by Crippen LogP contribution is 2.25. The molecule has 1 unspecified atom stereocenters. The smallest absolute Gasteiger partial charge is 0.259 e. The van der Waals surface area contributed by atoms with Crippen LogP contribution in [0.2, 0.25) is 0 Å². The third-order valence-corrected chi connectivity index (χ3v) is 5.01. The first-order chi connectivity index (χ1) is 14.5. The number of carbonyl (C=O) groups is 2. The highest BCUT2D eigenvalue weighted by atomic mass is 79.9. The lowest BCUT2D eigenvalue weighted by molar-refractivity contribution is 0.0938. The molecule has 0 aromatic heterocycles. The molecule has 2 N–H and O–H groups in total. The predicted octanol–water partition coefficient (Wildman–Crippen LogP) is 5.59. The third-order valence-electron chi connectivity index (χ3n) is 4.52. The molecule has 0 saturated carbocycles. The number of anilines is 1. The van der Waals surface area contributed by atoms with E-state index in [1.165, 1.54) is 0 Å². The maximum absolute atomic E-state index is 12.8. The van der Waals surface area contributed by atoms with Crippen LogP contribution in [0, 0.1) is 0 Å². The number of nitrogens with one attached hydrogen (secondary N) is 2. The topological polar surface area (TPSA) is 67.4 Å². The van der Waals surface area contributed by atoms with E-state index in [0.29, 0.717) is 29.2 Å². The molecule has 6 heteroatoms. The van der Waals surface area contributed by atoms with Gasteiger partial charge in [-0.15, -0.1) is 0 Å². The zero-order valence-corrected chi connectivity index (χ0v) is 18.4. The number of carbonyl (C=O) groups excluding carboxylic acids is 2. The van der Waals surface area contributed by atoms with E-state index in [4.69, 9.17) is 4.74 Å². The summed E-state index contributed by atoms with van der Waals surface area (Å²) in [4.78, 5) is 25.5. The van der Waals surface area contributed by atoms with Crippen LogP contribution in [0.4, 0.5) is 5.69 Å².